The molecule has 2 nitrogen and oxygen atoms in total. The van der Waals surface area contributed by atoms with Gasteiger partial charge in [0.2, 0.25) is 0 Å². The second kappa shape index (κ2) is 9.26. The van der Waals surface area contributed by atoms with Gasteiger partial charge in [-0.15, -0.1) is 0 Å². The van der Waals surface area contributed by atoms with Crippen LogP contribution in [0.4, 0.5) is 0 Å². The molecule has 22 heavy (non-hydrogen) atoms. The zero-order valence-corrected chi connectivity index (χ0v) is 24.4. The Balaban J connectivity index is 1.70. The van der Waals surface area contributed by atoms with E-state index >= 15 is 0 Å². The van der Waals surface area contributed by atoms with Crippen molar-refractivity contribution in [2.75, 3.05) is 5.75 Å². The second-order valence-corrected chi connectivity index (χ2v) is 25.8. The monoisotopic (exact) mass is 835 g/mol. The molecular formula is C12H15N2S4Te4. The number of thioether (sulfide) groups is 4. The van der Waals surface area contributed by atoms with Gasteiger partial charge in [-0.25, -0.2) is 0 Å². The Hall–Kier alpha value is 3.70. The third kappa shape index (κ3) is 5.15. The average molecular weight is 826 g/mol. The SMILES string of the molecule is C/C([Te]C1=C([Te])SC(N)C(N)S1)=C1\[Te]C2=C(SC(C)CS2)[Te]1. The fourth-order valence-electron chi connectivity index (χ4n) is 1.71. The van der Waals surface area contributed by atoms with E-state index in [-0.39, 0.29) is 73.5 Å². The van der Waals surface area contributed by atoms with E-state index in [4.69, 9.17) is 11.5 Å². The number of rotatable bonds is 2. The topological polar surface area (TPSA) is 52.0 Å². The van der Waals surface area contributed by atoms with Crippen molar-refractivity contribution in [1.82, 2.24) is 0 Å². The van der Waals surface area contributed by atoms with Gasteiger partial charge in [0, 0.05) is 0 Å². The molecule has 0 bridgehead atoms. The summed E-state index contributed by atoms with van der Waals surface area (Å²) in [7, 11) is 0. The molecule has 3 aliphatic rings. The van der Waals surface area contributed by atoms with Gasteiger partial charge in [-0.1, -0.05) is 0 Å². The van der Waals surface area contributed by atoms with Gasteiger partial charge in [0.05, 0.1) is 0 Å². The Morgan fingerprint density at radius 3 is 2.64 bits per heavy atom. The van der Waals surface area contributed by atoms with Crippen LogP contribution in [0.2, 0.25) is 0 Å². The van der Waals surface area contributed by atoms with Crippen LogP contribution < -0.4 is 11.5 Å². The summed E-state index contributed by atoms with van der Waals surface area (Å²) in [6.45, 7) is 4.81. The zero-order chi connectivity index (χ0) is 15.9. The molecule has 0 aromatic rings. The van der Waals surface area contributed by atoms with Crippen LogP contribution in [0, 0.1) is 0 Å². The van der Waals surface area contributed by atoms with Crippen molar-refractivity contribution in [2.24, 2.45) is 11.5 Å². The molecule has 0 aromatic carbocycles. The van der Waals surface area contributed by atoms with E-state index in [0.717, 1.165) is 5.25 Å². The van der Waals surface area contributed by atoms with Gasteiger partial charge in [-0.05, 0) is 0 Å². The fraction of sp³-hybridized carbons (Fsp3) is 0.500. The summed E-state index contributed by atoms with van der Waals surface area (Å²) in [4.78, 5) is 0. The van der Waals surface area contributed by atoms with Crippen molar-refractivity contribution in [3.63, 3.8) is 0 Å². The third-order valence-corrected chi connectivity index (χ3v) is 30.7. The number of nitrogens with two attached hydrogens (primary N) is 2. The summed E-state index contributed by atoms with van der Waals surface area (Å²) in [5.74, 6) is 1.33. The van der Waals surface area contributed by atoms with E-state index in [1.807, 2.05) is 19.3 Å². The average Bonchev–Trinajstić information content (AvgIpc) is 2.87. The van der Waals surface area contributed by atoms with E-state index in [1.165, 1.54) is 8.71 Å². The molecule has 0 spiro atoms. The minimum atomic E-state index is -0.216. The summed E-state index contributed by atoms with van der Waals surface area (Å²) in [5, 5.41) is 0.963. The van der Waals surface area contributed by atoms with Crippen LogP contribution in [0.5, 0.6) is 0 Å². The maximum absolute atomic E-state index is 6.16. The van der Waals surface area contributed by atoms with Crippen LogP contribution in [-0.4, -0.2) is 107 Å². The van der Waals surface area contributed by atoms with Crippen LogP contribution in [-0.2, 0) is 0 Å². The van der Waals surface area contributed by atoms with Gasteiger partial charge in [0.15, 0.2) is 0 Å². The molecule has 3 atom stereocenters. The van der Waals surface area contributed by atoms with E-state index in [0.29, 0.717) is 0 Å². The van der Waals surface area contributed by atoms with E-state index in [2.05, 4.69) is 59.7 Å². The summed E-state index contributed by atoms with van der Waals surface area (Å²) in [5.41, 5.74) is 12.2. The molecule has 0 aliphatic carbocycles. The molecular weight excluding hydrogens is 811 g/mol. The van der Waals surface area contributed by atoms with Gasteiger partial charge in [0.1, 0.15) is 0 Å². The Kier molecular flexibility index (Phi) is 8.60. The van der Waals surface area contributed by atoms with Crippen LogP contribution >= 0.6 is 47.0 Å². The summed E-state index contributed by atoms with van der Waals surface area (Å²) in [6.07, 6.45) is 0. The van der Waals surface area contributed by atoms with Crippen molar-refractivity contribution >= 4 is 132 Å². The first-order chi connectivity index (χ1) is 10.4. The first kappa shape index (κ1) is 20.4. The van der Waals surface area contributed by atoms with Crippen molar-refractivity contribution in [3.05, 3.63) is 17.1 Å². The number of allylic oxidation sites excluding steroid dienone is 1. The molecule has 4 N–H and O–H groups in total. The second-order valence-electron chi connectivity index (χ2n) is 4.70. The van der Waals surface area contributed by atoms with E-state index in [1.54, 1.807) is 18.3 Å². The van der Waals surface area contributed by atoms with Gasteiger partial charge in [-0.3, -0.25) is 0 Å². The molecule has 3 heterocycles. The normalized spacial score (nSPS) is 35.0. The fourth-order valence-corrected chi connectivity index (χ4v) is 30.4. The van der Waals surface area contributed by atoms with Gasteiger partial charge >= 0.3 is 196 Å². The van der Waals surface area contributed by atoms with Crippen molar-refractivity contribution in [3.8, 4) is 0 Å². The molecule has 3 aliphatic heterocycles. The van der Waals surface area contributed by atoms with Crippen molar-refractivity contribution in [2.45, 2.75) is 29.8 Å². The molecule has 0 saturated carbocycles. The van der Waals surface area contributed by atoms with Gasteiger partial charge < -0.3 is 0 Å². The standard InChI is InChI=1S/C12H15N2S4Te4/c1-4-3-15-10-11(16-4)22-12(21-10)5(2)20-9-8(19)17-6(13)7(14)18-9/h4,6-7H,3,13-14H2,1-2H3/b12-5-. The van der Waals surface area contributed by atoms with Crippen LogP contribution in [0.3, 0.4) is 0 Å². The molecule has 0 saturated heterocycles. The minimum absolute atomic E-state index is 0.00765. The molecule has 0 aromatic heterocycles. The van der Waals surface area contributed by atoms with Crippen molar-refractivity contribution in [1.29, 1.82) is 0 Å². The summed E-state index contributed by atoms with van der Waals surface area (Å²) >= 11 is 9.95. The molecule has 0 fully saturated rings. The number of hydrogen-bond acceptors (Lipinski definition) is 6. The molecule has 121 valence electrons. The molecule has 10 heteroatoms. The van der Waals surface area contributed by atoms with Gasteiger partial charge in [-0.2, -0.15) is 0 Å². The first-order valence-electron chi connectivity index (χ1n) is 6.48. The van der Waals surface area contributed by atoms with Gasteiger partial charge in [0.25, 0.3) is 0 Å². The summed E-state index contributed by atoms with van der Waals surface area (Å²) < 4.78 is 10.5. The summed E-state index contributed by atoms with van der Waals surface area (Å²) in [6, 6.07) is 0. The predicted molar refractivity (Wildman–Crippen MR) is 110 cm³/mol. The Morgan fingerprint density at radius 2 is 1.86 bits per heavy atom. The molecule has 3 unspecified atom stereocenters. The van der Waals surface area contributed by atoms with Crippen LogP contribution in [0.25, 0.3) is 0 Å². The molecule has 3 rings (SSSR count). The number of hydrogen-bond donors (Lipinski definition) is 2. The Labute approximate surface area is 192 Å². The quantitative estimate of drug-likeness (QED) is 0.414. The Morgan fingerprint density at radius 1 is 1.18 bits per heavy atom. The van der Waals surface area contributed by atoms with Crippen LogP contribution in [0.15, 0.2) is 17.1 Å². The van der Waals surface area contributed by atoms with E-state index < -0.39 is 0 Å². The van der Waals surface area contributed by atoms with Crippen molar-refractivity contribution < 1.29 is 0 Å². The third-order valence-electron chi connectivity index (χ3n) is 2.80. The zero-order valence-electron chi connectivity index (χ0n) is 11.9. The molecule has 1 radical (unpaired) electrons. The maximum atomic E-state index is 6.16. The van der Waals surface area contributed by atoms with E-state index in [9.17, 15) is 0 Å². The predicted octanol–water partition coefficient (Wildman–Crippen LogP) is 1.64. The first-order valence-corrected chi connectivity index (χ1v) is 18.3. The van der Waals surface area contributed by atoms with Crippen LogP contribution in [0.1, 0.15) is 13.8 Å². The Bertz CT molecular complexity index is 577. The molecule has 0 amide bonds.